The first-order valence-corrected chi connectivity index (χ1v) is 5.55. The molecule has 106 valence electrons. The number of hydrogen-bond donors (Lipinski definition) is 2. The summed E-state index contributed by atoms with van der Waals surface area (Å²) in [5, 5.41) is 23.3. The van der Waals surface area contributed by atoms with Gasteiger partial charge < -0.3 is 10.1 Å². The van der Waals surface area contributed by atoms with E-state index in [1.807, 2.05) is 0 Å². The van der Waals surface area contributed by atoms with E-state index in [4.69, 9.17) is 4.74 Å². The number of carbonyl (C=O) groups is 1. The number of nitrogens with one attached hydrogen (secondary N) is 2. The van der Waals surface area contributed by atoms with Crippen LogP contribution in [0.3, 0.4) is 0 Å². The minimum Gasteiger partial charge on any atom is -0.475 e. The number of aromatic amines is 1. The molecule has 20 heavy (non-hydrogen) atoms. The largest absolute Gasteiger partial charge is 0.475 e. The number of nitrogens with zero attached hydrogens (tertiary/aromatic N) is 4. The fourth-order valence-corrected chi connectivity index (χ4v) is 1.62. The number of nitro groups is 1. The van der Waals surface area contributed by atoms with E-state index in [-0.39, 0.29) is 18.1 Å². The van der Waals surface area contributed by atoms with Crippen LogP contribution >= 0.6 is 0 Å². The van der Waals surface area contributed by atoms with E-state index in [1.165, 1.54) is 7.11 Å². The highest BCUT2D eigenvalue weighted by molar-refractivity contribution is 5.96. The summed E-state index contributed by atoms with van der Waals surface area (Å²) in [6, 6.07) is 0. The number of aryl methyl sites for hydroxylation is 1. The van der Waals surface area contributed by atoms with E-state index in [2.05, 4.69) is 20.6 Å². The Morgan fingerprint density at radius 3 is 2.95 bits per heavy atom. The van der Waals surface area contributed by atoms with Crippen molar-refractivity contribution >= 4 is 11.6 Å². The molecule has 2 aromatic rings. The molecule has 0 saturated carbocycles. The lowest BCUT2D eigenvalue weighted by Gasteiger charge is -2.01. The Bertz CT molecular complexity index is 646. The van der Waals surface area contributed by atoms with Gasteiger partial charge in [0.2, 0.25) is 5.69 Å². The van der Waals surface area contributed by atoms with Crippen molar-refractivity contribution in [2.75, 3.05) is 7.11 Å². The molecule has 0 spiro atoms. The van der Waals surface area contributed by atoms with E-state index < -0.39 is 16.5 Å². The van der Waals surface area contributed by atoms with Crippen LogP contribution in [0.2, 0.25) is 0 Å². The van der Waals surface area contributed by atoms with Crippen molar-refractivity contribution in [2.45, 2.75) is 6.54 Å². The van der Waals surface area contributed by atoms with Crippen LogP contribution in [0.25, 0.3) is 0 Å². The molecule has 2 aromatic heterocycles. The third-order valence-electron chi connectivity index (χ3n) is 2.52. The van der Waals surface area contributed by atoms with Gasteiger partial charge in [-0.15, -0.1) is 5.10 Å². The highest BCUT2D eigenvalue weighted by Gasteiger charge is 2.29. The molecule has 0 fully saturated rings. The number of amides is 1. The first-order chi connectivity index (χ1) is 9.52. The maximum atomic E-state index is 11.9. The maximum absolute atomic E-state index is 11.9. The van der Waals surface area contributed by atoms with Crippen molar-refractivity contribution in [2.24, 2.45) is 7.05 Å². The summed E-state index contributed by atoms with van der Waals surface area (Å²) in [5.74, 6) is -0.877. The molecule has 0 atom stereocenters. The number of aromatic nitrogens is 4. The van der Waals surface area contributed by atoms with E-state index in [0.717, 1.165) is 5.56 Å². The Morgan fingerprint density at radius 1 is 1.65 bits per heavy atom. The minimum atomic E-state index is -0.721. The summed E-state index contributed by atoms with van der Waals surface area (Å²) in [4.78, 5) is 22.1. The van der Waals surface area contributed by atoms with Gasteiger partial charge in [-0.05, 0) is 0 Å². The Morgan fingerprint density at radius 2 is 2.40 bits per heavy atom. The normalized spacial score (nSPS) is 10.3. The first-order valence-electron chi connectivity index (χ1n) is 5.55. The molecule has 1 amide bonds. The molecule has 0 aliphatic heterocycles. The van der Waals surface area contributed by atoms with Crippen LogP contribution in [0.1, 0.15) is 16.1 Å². The SMILES string of the molecule is COc1n[nH]c(C(=O)NCc2cnn(C)c2)c1[N+](=O)[O-]. The van der Waals surface area contributed by atoms with E-state index in [9.17, 15) is 14.9 Å². The summed E-state index contributed by atoms with van der Waals surface area (Å²) in [5.41, 5.74) is 0.0295. The van der Waals surface area contributed by atoms with Crippen LogP contribution in [0, 0.1) is 10.1 Å². The molecule has 0 saturated heterocycles. The lowest BCUT2D eigenvalue weighted by atomic mass is 10.3. The van der Waals surface area contributed by atoms with Crippen LogP contribution in [-0.2, 0) is 13.6 Å². The third-order valence-corrected chi connectivity index (χ3v) is 2.52. The predicted molar refractivity (Wildman–Crippen MR) is 66.2 cm³/mol. The fraction of sp³-hybridized carbons (Fsp3) is 0.300. The molecule has 0 aromatic carbocycles. The molecule has 10 nitrogen and oxygen atoms in total. The quantitative estimate of drug-likeness (QED) is 0.585. The second-order valence-electron chi connectivity index (χ2n) is 3.92. The van der Waals surface area contributed by atoms with Crippen molar-refractivity contribution in [3.05, 3.63) is 33.8 Å². The van der Waals surface area contributed by atoms with E-state index in [1.54, 1.807) is 24.1 Å². The molecule has 0 aliphatic rings. The lowest BCUT2D eigenvalue weighted by Crippen LogP contribution is -2.23. The highest BCUT2D eigenvalue weighted by atomic mass is 16.6. The van der Waals surface area contributed by atoms with Crippen molar-refractivity contribution < 1.29 is 14.5 Å². The van der Waals surface area contributed by atoms with Gasteiger partial charge in [-0.2, -0.15) is 5.10 Å². The number of methoxy groups -OCH3 is 1. The molecule has 0 radical (unpaired) electrons. The van der Waals surface area contributed by atoms with Gasteiger partial charge in [0.15, 0.2) is 0 Å². The van der Waals surface area contributed by atoms with Gasteiger partial charge in [-0.3, -0.25) is 24.7 Å². The van der Waals surface area contributed by atoms with Crippen molar-refractivity contribution in [3.8, 4) is 5.88 Å². The lowest BCUT2D eigenvalue weighted by molar-refractivity contribution is -0.386. The summed E-state index contributed by atoms with van der Waals surface area (Å²) in [7, 11) is 2.98. The monoisotopic (exact) mass is 280 g/mol. The zero-order valence-electron chi connectivity index (χ0n) is 10.8. The molecular weight excluding hydrogens is 268 g/mol. The number of ether oxygens (including phenoxy) is 1. The number of hydrogen-bond acceptors (Lipinski definition) is 6. The van der Waals surface area contributed by atoms with Crippen LogP contribution in [-0.4, -0.2) is 37.9 Å². The summed E-state index contributed by atoms with van der Waals surface area (Å²) in [6.45, 7) is 0.200. The molecule has 2 N–H and O–H groups in total. The Labute approximate surface area is 112 Å². The smallest absolute Gasteiger partial charge is 0.362 e. The standard InChI is InChI=1S/C10H12N6O4/c1-15-5-6(4-12-15)3-11-9(17)7-8(16(18)19)10(20-2)14-13-7/h4-5H,3H2,1-2H3,(H,11,17)(H,13,14). The molecule has 0 unspecified atom stereocenters. The van der Waals surface area contributed by atoms with Gasteiger partial charge in [0, 0.05) is 25.4 Å². The highest BCUT2D eigenvalue weighted by Crippen LogP contribution is 2.27. The van der Waals surface area contributed by atoms with Crippen molar-refractivity contribution in [3.63, 3.8) is 0 Å². The van der Waals surface area contributed by atoms with Gasteiger partial charge in [0.25, 0.3) is 5.91 Å². The molecular formula is C10H12N6O4. The van der Waals surface area contributed by atoms with Gasteiger partial charge in [-0.25, -0.2) is 0 Å². The maximum Gasteiger partial charge on any atom is 0.362 e. The Kier molecular flexibility index (Phi) is 3.64. The van der Waals surface area contributed by atoms with Gasteiger partial charge >= 0.3 is 11.6 Å². The second kappa shape index (κ2) is 5.38. The summed E-state index contributed by atoms with van der Waals surface area (Å²) >= 11 is 0. The summed E-state index contributed by atoms with van der Waals surface area (Å²) in [6.07, 6.45) is 3.31. The number of rotatable bonds is 5. The van der Waals surface area contributed by atoms with Gasteiger partial charge in [0.05, 0.1) is 18.2 Å². The molecule has 0 bridgehead atoms. The topological polar surface area (TPSA) is 128 Å². The van der Waals surface area contributed by atoms with Crippen molar-refractivity contribution in [1.82, 2.24) is 25.3 Å². The predicted octanol–water partition coefficient (Wildman–Crippen LogP) is -0.0100. The molecule has 2 heterocycles. The van der Waals surface area contributed by atoms with Crippen LogP contribution < -0.4 is 10.1 Å². The second-order valence-corrected chi connectivity index (χ2v) is 3.92. The third kappa shape index (κ3) is 2.58. The zero-order valence-corrected chi connectivity index (χ0v) is 10.8. The first kappa shape index (κ1) is 13.5. The van der Waals surface area contributed by atoms with Crippen LogP contribution in [0.15, 0.2) is 12.4 Å². The fourth-order valence-electron chi connectivity index (χ4n) is 1.62. The average Bonchev–Trinajstić information content (AvgIpc) is 3.01. The van der Waals surface area contributed by atoms with Gasteiger partial charge in [0.1, 0.15) is 0 Å². The zero-order chi connectivity index (χ0) is 14.7. The molecule has 0 aliphatic carbocycles. The van der Waals surface area contributed by atoms with Crippen LogP contribution in [0.4, 0.5) is 5.69 Å². The number of carbonyl (C=O) groups excluding carboxylic acids is 1. The van der Waals surface area contributed by atoms with E-state index in [0.29, 0.717) is 0 Å². The van der Waals surface area contributed by atoms with Gasteiger partial charge in [-0.1, -0.05) is 0 Å². The van der Waals surface area contributed by atoms with E-state index >= 15 is 0 Å². The minimum absolute atomic E-state index is 0.200. The molecule has 10 heteroatoms. The average molecular weight is 280 g/mol. The summed E-state index contributed by atoms with van der Waals surface area (Å²) < 4.78 is 6.31. The molecule has 2 rings (SSSR count). The van der Waals surface area contributed by atoms with Crippen LogP contribution in [0.5, 0.6) is 5.88 Å². The number of H-pyrrole nitrogens is 1. The van der Waals surface area contributed by atoms with Crippen molar-refractivity contribution in [1.29, 1.82) is 0 Å². The Hall–Kier alpha value is -2.91. The Balaban J connectivity index is 2.13.